The zero-order valence-corrected chi connectivity index (χ0v) is 27.2. The number of benzene rings is 2. The molecule has 3 aromatic rings. The van der Waals surface area contributed by atoms with Gasteiger partial charge in [0.05, 0.1) is 12.1 Å². The highest BCUT2D eigenvalue weighted by Gasteiger charge is 2.50. The van der Waals surface area contributed by atoms with E-state index in [-0.39, 0.29) is 25.4 Å². The van der Waals surface area contributed by atoms with Crippen molar-refractivity contribution in [2.24, 2.45) is 28.8 Å². The van der Waals surface area contributed by atoms with Crippen LogP contribution in [-0.2, 0) is 27.2 Å². The molecule has 4 N–H and O–H groups in total. The van der Waals surface area contributed by atoms with E-state index in [0.29, 0.717) is 21.1 Å². The fourth-order valence-corrected chi connectivity index (χ4v) is 8.79. The summed E-state index contributed by atoms with van der Waals surface area (Å²) in [5.41, 5.74) is 10.3. The number of carbonyl (C=O) groups excluding carboxylic acids is 2. The Morgan fingerprint density at radius 2 is 1.84 bits per heavy atom. The number of nitrogens with one attached hydrogen (secondary N) is 3. The monoisotopic (exact) mass is 724 g/mol. The van der Waals surface area contributed by atoms with Gasteiger partial charge in [0.2, 0.25) is 5.91 Å². The van der Waals surface area contributed by atoms with Gasteiger partial charge in [-0.2, -0.15) is 0 Å². The predicted molar refractivity (Wildman–Crippen MR) is 177 cm³/mol. The number of azide groups is 1. The maximum absolute atomic E-state index is 14.1. The van der Waals surface area contributed by atoms with Gasteiger partial charge in [-0.3, -0.25) is 9.59 Å². The molecule has 236 valence electrons. The minimum Gasteiger partial charge on any atom is -0.481 e. The van der Waals surface area contributed by atoms with E-state index >= 15 is 0 Å². The normalized spacial score (nSPS) is 25.2. The van der Waals surface area contributed by atoms with Crippen molar-refractivity contribution in [2.75, 3.05) is 0 Å². The Kier molecular flexibility index (Phi) is 8.96. The predicted octanol–water partition coefficient (Wildman–Crippen LogP) is 6.77. The van der Waals surface area contributed by atoms with E-state index in [4.69, 9.17) is 10.3 Å². The molecular formula is C33H37IN6O5. The molecule has 0 aliphatic heterocycles. The molecule has 4 aliphatic rings. The van der Waals surface area contributed by atoms with Crippen molar-refractivity contribution in [1.29, 1.82) is 0 Å². The van der Waals surface area contributed by atoms with E-state index < -0.39 is 29.6 Å². The Morgan fingerprint density at radius 1 is 1.13 bits per heavy atom. The topological polar surface area (TPSA) is 169 Å². The van der Waals surface area contributed by atoms with Crippen LogP contribution >= 0.6 is 22.6 Å². The van der Waals surface area contributed by atoms with E-state index in [1.807, 2.05) is 30.5 Å². The summed E-state index contributed by atoms with van der Waals surface area (Å²) < 4.78 is 6.83. The van der Waals surface area contributed by atoms with Gasteiger partial charge < -0.3 is 25.5 Å². The lowest BCUT2D eigenvalue weighted by Gasteiger charge is -2.53. The number of carbonyl (C=O) groups is 3. The van der Waals surface area contributed by atoms with Crippen molar-refractivity contribution in [3.8, 4) is 0 Å². The summed E-state index contributed by atoms with van der Waals surface area (Å²) in [5.74, 6) is 0.646. The Bertz CT molecular complexity index is 1640. The van der Waals surface area contributed by atoms with Crippen LogP contribution in [0.25, 0.3) is 21.3 Å². The second-order valence-electron chi connectivity index (χ2n) is 13.2. The molecule has 1 heterocycles. The first-order valence-corrected chi connectivity index (χ1v) is 16.6. The summed E-state index contributed by atoms with van der Waals surface area (Å²) in [6, 6.07) is 12.2. The quantitative estimate of drug-likeness (QED) is 0.0740. The van der Waals surface area contributed by atoms with Crippen LogP contribution in [0.2, 0.25) is 0 Å². The molecular weight excluding hydrogens is 687 g/mol. The van der Waals surface area contributed by atoms with Crippen LogP contribution < -0.4 is 10.6 Å². The number of hydrogen-bond acceptors (Lipinski definition) is 5. The van der Waals surface area contributed by atoms with Crippen molar-refractivity contribution in [2.45, 2.75) is 76.0 Å². The molecule has 2 atom stereocenters. The smallest absolute Gasteiger partial charge is 0.408 e. The van der Waals surface area contributed by atoms with Crippen LogP contribution in [0.5, 0.6) is 0 Å². The molecule has 2 unspecified atom stereocenters. The standard InChI is InChI=1S/C33H37IN6O5/c1-33(16-23-17-36-27-5-3-2-4-25(23)27,38-32(44)45-30-21-9-19-8-20(11-21)12-22(30)10-19)31(43)37-24(15-29(41)42)13-18-6-7-28(39-40-35)26(34)14-18/h2-7,14,17,19-22,24,30,36H,8-13,15-16H2,1H3,(H,37,43)(H,38,44)(H,41,42). The van der Waals surface area contributed by atoms with Crippen LogP contribution in [-0.4, -0.2) is 45.7 Å². The molecule has 45 heavy (non-hydrogen) atoms. The second-order valence-corrected chi connectivity index (χ2v) is 14.4. The van der Waals surface area contributed by atoms with Crippen molar-refractivity contribution in [3.05, 3.63) is 73.8 Å². The number of aromatic nitrogens is 1. The maximum atomic E-state index is 14.1. The number of alkyl carbamates (subject to hydrolysis) is 1. The third kappa shape index (κ3) is 6.91. The zero-order valence-electron chi connectivity index (χ0n) is 25.0. The number of para-hydroxylation sites is 1. The van der Waals surface area contributed by atoms with E-state index in [1.54, 1.807) is 25.1 Å². The molecule has 4 bridgehead atoms. The van der Waals surface area contributed by atoms with Gasteiger partial charge in [0.1, 0.15) is 11.6 Å². The molecule has 4 aliphatic carbocycles. The van der Waals surface area contributed by atoms with E-state index in [9.17, 15) is 19.5 Å². The number of fused-ring (bicyclic) bond motifs is 1. The van der Waals surface area contributed by atoms with Gasteiger partial charge in [0.25, 0.3) is 0 Å². The number of halogens is 1. The average molecular weight is 725 g/mol. The molecule has 0 spiro atoms. The third-order valence-electron chi connectivity index (χ3n) is 9.88. The van der Waals surface area contributed by atoms with Crippen molar-refractivity contribution in [1.82, 2.24) is 15.6 Å². The lowest BCUT2D eigenvalue weighted by molar-refractivity contribution is -0.138. The molecule has 4 fully saturated rings. The number of ether oxygens (including phenoxy) is 1. The highest BCUT2D eigenvalue weighted by Crippen LogP contribution is 2.54. The second kappa shape index (κ2) is 12.9. The number of H-pyrrole nitrogens is 1. The summed E-state index contributed by atoms with van der Waals surface area (Å²) in [6.07, 6.45) is 6.82. The van der Waals surface area contributed by atoms with Crippen LogP contribution in [0.15, 0.2) is 53.8 Å². The minimum atomic E-state index is -1.44. The Morgan fingerprint density at radius 3 is 2.51 bits per heavy atom. The van der Waals surface area contributed by atoms with Gasteiger partial charge >= 0.3 is 12.1 Å². The summed E-state index contributed by atoms with van der Waals surface area (Å²) in [7, 11) is 0. The van der Waals surface area contributed by atoms with Crippen molar-refractivity contribution in [3.63, 3.8) is 0 Å². The molecule has 7 rings (SSSR count). The number of aromatic amines is 1. The first-order chi connectivity index (χ1) is 21.6. The van der Waals surface area contributed by atoms with Crippen LogP contribution in [0.3, 0.4) is 0 Å². The summed E-state index contributed by atoms with van der Waals surface area (Å²) in [6.45, 7) is 1.66. The Labute approximate surface area is 274 Å². The molecule has 0 radical (unpaired) electrons. The highest BCUT2D eigenvalue weighted by atomic mass is 127. The maximum Gasteiger partial charge on any atom is 0.408 e. The molecule has 12 heteroatoms. The largest absolute Gasteiger partial charge is 0.481 e. The van der Waals surface area contributed by atoms with Gasteiger partial charge in [0, 0.05) is 38.0 Å². The van der Waals surface area contributed by atoms with Gasteiger partial charge in [0.15, 0.2) is 0 Å². The zero-order chi connectivity index (χ0) is 31.7. The van der Waals surface area contributed by atoms with Gasteiger partial charge in [-0.25, -0.2) is 4.79 Å². The lowest BCUT2D eigenvalue weighted by Crippen LogP contribution is -2.61. The van der Waals surface area contributed by atoms with E-state index in [0.717, 1.165) is 59.5 Å². The van der Waals surface area contributed by atoms with Crippen molar-refractivity contribution >= 4 is 57.2 Å². The van der Waals surface area contributed by atoms with E-state index in [2.05, 4.69) is 48.2 Å². The first-order valence-electron chi connectivity index (χ1n) is 15.5. The fourth-order valence-electron chi connectivity index (χ4n) is 8.11. The SMILES string of the molecule is CC(Cc1c[nH]c2ccccc12)(NC(=O)OC1C2CC3CC(C2)CC1C3)C(=O)NC(CC(=O)O)Cc1ccc(N=[N+]=[N-])c(I)c1. The molecule has 1 aromatic heterocycles. The number of hydrogen-bond donors (Lipinski definition) is 4. The summed E-state index contributed by atoms with van der Waals surface area (Å²) in [4.78, 5) is 45.7. The van der Waals surface area contributed by atoms with Crippen LogP contribution in [0.1, 0.15) is 56.6 Å². The Hall–Kier alpha value is -3.77. The van der Waals surface area contributed by atoms with E-state index in [1.165, 1.54) is 6.42 Å². The lowest BCUT2D eigenvalue weighted by atomic mass is 9.55. The average Bonchev–Trinajstić information content (AvgIpc) is 3.38. The highest BCUT2D eigenvalue weighted by molar-refractivity contribution is 14.1. The summed E-state index contributed by atoms with van der Waals surface area (Å²) >= 11 is 2.05. The number of nitrogens with zero attached hydrogens (tertiary/aromatic N) is 3. The third-order valence-corrected chi connectivity index (χ3v) is 10.7. The van der Waals surface area contributed by atoms with Gasteiger partial charge in [-0.15, -0.1) is 0 Å². The number of amides is 2. The minimum absolute atomic E-state index is 0.145. The number of carboxylic acids is 1. The van der Waals surface area contributed by atoms with Gasteiger partial charge in [-0.05, 0) is 121 Å². The van der Waals surface area contributed by atoms with Gasteiger partial charge in [-0.1, -0.05) is 35.4 Å². The van der Waals surface area contributed by atoms with Crippen LogP contribution in [0.4, 0.5) is 10.5 Å². The Balaban J connectivity index is 1.23. The molecule has 11 nitrogen and oxygen atoms in total. The molecule has 2 amide bonds. The first kappa shape index (κ1) is 31.2. The molecule has 4 saturated carbocycles. The molecule has 0 saturated heterocycles. The van der Waals surface area contributed by atoms with Crippen LogP contribution in [0, 0.1) is 27.2 Å². The number of aliphatic carboxylic acids is 1. The number of rotatable bonds is 11. The number of carboxylic acid groups (broad SMARTS) is 1. The fraction of sp³-hybridized carbons (Fsp3) is 0.485. The van der Waals surface area contributed by atoms with Crippen molar-refractivity contribution < 1.29 is 24.2 Å². The summed E-state index contributed by atoms with van der Waals surface area (Å²) in [5, 5.41) is 20.2. The molecule has 2 aromatic carbocycles.